The first kappa shape index (κ1) is 32.2. The van der Waals surface area contributed by atoms with Crippen molar-refractivity contribution in [1.29, 1.82) is 0 Å². The number of hydrogen-bond acceptors (Lipinski definition) is 9. The Morgan fingerprint density at radius 1 is 1.02 bits per heavy atom. The van der Waals surface area contributed by atoms with Crippen LogP contribution in [0, 0.1) is 0 Å². The van der Waals surface area contributed by atoms with Gasteiger partial charge in [0.25, 0.3) is 5.91 Å². The van der Waals surface area contributed by atoms with Crippen molar-refractivity contribution in [1.82, 2.24) is 10.2 Å². The van der Waals surface area contributed by atoms with Crippen LogP contribution in [0.25, 0.3) is 0 Å². The van der Waals surface area contributed by atoms with Gasteiger partial charge in [0, 0.05) is 29.8 Å². The Balaban J connectivity index is 1.45. The molecule has 4 N–H and O–H groups in total. The number of amides is 2. The lowest BCUT2D eigenvalue weighted by atomic mass is 9.77. The van der Waals surface area contributed by atoms with Crippen LogP contribution in [0.1, 0.15) is 38.5 Å². The second-order valence-corrected chi connectivity index (χ2v) is 11.2. The molecule has 0 fully saturated rings. The van der Waals surface area contributed by atoms with Crippen molar-refractivity contribution in [3.05, 3.63) is 94.1 Å². The van der Waals surface area contributed by atoms with E-state index in [1.165, 1.54) is 18.1 Å². The minimum atomic E-state index is -4.62. The van der Waals surface area contributed by atoms with E-state index >= 15 is 0 Å². The number of ether oxygens (including phenoxy) is 4. The van der Waals surface area contributed by atoms with Gasteiger partial charge >= 0.3 is 6.18 Å². The van der Waals surface area contributed by atoms with Gasteiger partial charge in [-0.1, -0.05) is 6.07 Å². The third-order valence-electron chi connectivity index (χ3n) is 8.36. The number of aliphatic hydroxyl groups is 3. The van der Waals surface area contributed by atoms with Gasteiger partial charge in [-0.15, -0.1) is 0 Å². The lowest BCUT2D eigenvalue weighted by Crippen LogP contribution is -2.55. The normalized spacial score (nSPS) is 20.9. The van der Waals surface area contributed by atoms with Crippen LogP contribution in [0.15, 0.2) is 66.2 Å². The molecule has 1 aliphatic carbocycles. The number of halogens is 3. The number of carbonyl (C=O) groups excluding carboxylic acids is 2. The van der Waals surface area contributed by atoms with Gasteiger partial charge < -0.3 is 44.5 Å². The smallest absolute Gasteiger partial charge is 0.416 e. The highest BCUT2D eigenvalue weighted by Crippen LogP contribution is 2.51. The molecule has 14 heteroatoms. The molecule has 47 heavy (non-hydrogen) atoms. The molecule has 6 rings (SSSR count). The minimum absolute atomic E-state index is 0.00575. The predicted octanol–water partition coefficient (Wildman–Crippen LogP) is 2.90. The lowest BCUT2D eigenvalue weighted by molar-refractivity contribution is -0.137. The highest BCUT2D eigenvalue weighted by atomic mass is 19.4. The van der Waals surface area contributed by atoms with Crippen molar-refractivity contribution in [2.75, 3.05) is 27.1 Å². The zero-order valence-electron chi connectivity index (χ0n) is 25.0. The van der Waals surface area contributed by atoms with Crippen LogP contribution in [0.3, 0.4) is 0 Å². The van der Waals surface area contributed by atoms with E-state index in [0.717, 1.165) is 24.3 Å². The number of fused-ring (bicyclic) bond motifs is 4. The fourth-order valence-corrected chi connectivity index (χ4v) is 6.14. The van der Waals surface area contributed by atoms with E-state index in [9.17, 15) is 38.1 Å². The average Bonchev–Trinajstić information content (AvgIpc) is 3.70. The summed E-state index contributed by atoms with van der Waals surface area (Å²) in [7, 11) is 1.40. The number of methoxy groups -OCH3 is 1. The molecule has 248 valence electrons. The van der Waals surface area contributed by atoms with E-state index < -0.39 is 47.7 Å². The summed E-state index contributed by atoms with van der Waals surface area (Å²) < 4.78 is 62.5. The van der Waals surface area contributed by atoms with Crippen LogP contribution >= 0.6 is 0 Å². The van der Waals surface area contributed by atoms with Crippen LogP contribution in [0.4, 0.5) is 13.2 Å². The maximum atomic E-state index is 14.2. The van der Waals surface area contributed by atoms with E-state index in [-0.39, 0.29) is 55.7 Å². The lowest BCUT2D eigenvalue weighted by Gasteiger charge is -2.40. The van der Waals surface area contributed by atoms with Crippen molar-refractivity contribution in [3.8, 4) is 23.0 Å². The van der Waals surface area contributed by atoms with Gasteiger partial charge in [-0.2, -0.15) is 13.2 Å². The Bertz CT molecular complexity index is 1710. The second-order valence-electron chi connectivity index (χ2n) is 11.2. The van der Waals surface area contributed by atoms with Gasteiger partial charge in [0.2, 0.25) is 12.7 Å². The largest absolute Gasteiger partial charge is 0.493 e. The van der Waals surface area contributed by atoms with E-state index in [1.807, 2.05) is 0 Å². The summed E-state index contributed by atoms with van der Waals surface area (Å²) in [6, 6.07) is 10.7. The highest BCUT2D eigenvalue weighted by molar-refractivity contribution is 5.97. The van der Waals surface area contributed by atoms with E-state index in [0.29, 0.717) is 28.2 Å². The Morgan fingerprint density at radius 2 is 1.77 bits per heavy atom. The van der Waals surface area contributed by atoms with Crippen molar-refractivity contribution in [2.45, 2.75) is 43.5 Å². The van der Waals surface area contributed by atoms with Crippen molar-refractivity contribution >= 4 is 11.8 Å². The van der Waals surface area contributed by atoms with Crippen LogP contribution in [-0.2, 0) is 24.1 Å². The van der Waals surface area contributed by atoms with E-state index in [2.05, 4.69) is 5.32 Å². The van der Waals surface area contributed by atoms with Crippen LogP contribution in [-0.4, -0.2) is 77.3 Å². The summed E-state index contributed by atoms with van der Waals surface area (Å²) in [6.45, 7) is -0.918. The highest BCUT2D eigenvalue weighted by Gasteiger charge is 2.51. The summed E-state index contributed by atoms with van der Waals surface area (Å²) >= 11 is 0. The summed E-state index contributed by atoms with van der Waals surface area (Å²) in [5.74, 6) is -0.749. The summed E-state index contributed by atoms with van der Waals surface area (Å²) in [6.07, 6.45) is -5.74. The second kappa shape index (κ2) is 12.8. The van der Waals surface area contributed by atoms with Gasteiger partial charge in [0.1, 0.15) is 12.2 Å². The first-order chi connectivity index (χ1) is 22.5. The monoisotopic (exact) mass is 656 g/mol. The van der Waals surface area contributed by atoms with Gasteiger partial charge in [-0.25, -0.2) is 0 Å². The molecule has 2 heterocycles. The quantitative estimate of drug-likeness (QED) is 0.273. The third-order valence-corrected chi connectivity index (χ3v) is 8.36. The van der Waals surface area contributed by atoms with Crippen LogP contribution in [0.2, 0.25) is 0 Å². The first-order valence-electron chi connectivity index (χ1n) is 14.7. The summed E-state index contributed by atoms with van der Waals surface area (Å²) in [4.78, 5) is 29.0. The van der Waals surface area contributed by atoms with Crippen LogP contribution in [0.5, 0.6) is 23.0 Å². The van der Waals surface area contributed by atoms with Gasteiger partial charge in [-0.3, -0.25) is 9.59 Å². The number of aliphatic hydroxyl groups excluding tert-OH is 3. The summed E-state index contributed by atoms with van der Waals surface area (Å²) in [5, 5.41) is 33.8. The minimum Gasteiger partial charge on any atom is -0.493 e. The molecule has 11 nitrogen and oxygen atoms in total. The fraction of sp³-hybridized carbons (Fsp3) is 0.333. The molecular formula is C33H31F3N2O9. The van der Waals surface area contributed by atoms with Gasteiger partial charge in [-0.05, 0) is 65.7 Å². The number of alkyl halides is 3. The Labute approximate surface area is 266 Å². The molecule has 3 aliphatic rings. The Morgan fingerprint density at radius 3 is 2.45 bits per heavy atom. The molecule has 0 saturated carbocycles. The number of benzene rings is 3. The number of nitrogens with one attached hydrogen (secondary N) is 1. The van der Waals surface area contributed by atoms with Gasteiger partial charge in [0.05, 0.1) is 37.8 Å². The number of carbonyl (C=O) groups is 2. The molecule has 3 aromatic carbocycles. The number of rotatable bonds is 9. The molecule has 0 radical (unpaired) electrons. The predicted molar refractivity (Wildman–Crippen MR) is 158 cm³/mol. The summed E-state index contributed by atoms with van der Waals surface area (Å²) in [5.41, 5.74) is 0.584. The molecular weight excluding hydrogens is 625 g/mol. The maximum absolute atomic E-state index is 14.2. The number of hydrogen-bond donors (Lipinski definition) is 4. The zero-order chi connectivity index (χ0) is 33.5. The molecule has 2 amide bonds. The molecule has 4 unspecified atom stereocenters. The van der Waals surface area contributed by atoms with E-state index in [1.54, 1.807) is 30.3 Å². The Hall–Kier alpha value is -4.79. The van der Waals surface area contributed by atoms with Gasteiger partial charge in [0.15, 0.2) is 23.0 Å². The topological polar surface area (TPSA) is 147 Å². The number of nitrogens with zero attached hydrogens (tertiary/aromatic N) is 1. The van der Waals surface area contributed by atoms with E-state index in [4.69, 9.17) is 18.9 Å². The standard InChI is InChI=1S/C33H31F3N2O9/c1-44-26-12-18(15-40)10-21-27-22(31(42)37-8-9-39)13-23(28(41)30(27)47-29(21)26)38(14-17-2-7-24-25(11-17)46-16-45-24)32(43)19-3-5-20(6-4-19)33(34,35)36/h2-7,10-13,23,27-28,30,39-41H,8-9,14-16H2,1H3,(H,37,42). The average molecular weight is 657 g/mol. The van der Waals surface area contributed by atoms with Crippen molar-refractivity contribution in [3.63, 3.8) is 0 Å². The third kappa shape index (κ3) is 6.06. The van der Waals surface area contributed by atoms with Crippen molar-refractivity contribution < 1.29 is 57.0 Å². The molecule has 4 atom stereocenters. The first-order valence-corrected chi connectivity index (χ1v) is 14.7. The molecule has 2 aliphatic heterocycles. The Kier molecular flexibility index (Phi) is 8.74. The van der Waals surface area contributed by atoms with Crippen molar-refractivity contribution in [2.24, 2.45) is 0 Å². The molecule has 0 bridgehead atoms. The maximum Gasteiger partial charge on any atom is 0.416 e. The molecule has 3 aromatic rings. The SMILES string of the molecule is COc1cc(CO)cc2c1OC1C2C(C(=O)NCCO)=CC(N(Cc2ccc3c(c2)OCO3)C(=O)c2ccc(C(F)(F)F)cc2)C1O. The molecule has 0 saturated heterocycles. The molecule has 0 spiro atoms. The molecule has 0 aromatic heterocycles. The fourth-order valence-electron chi connectivity index (χ4n) is 6.14. The van der Waals surface area contributed by atoms with Crippen LogP contribution < -0.4 is 24.3 Å². The zero-order valence-corrected chi connectivity index (χ0v) is 25.0.